The lowest BCUT2D eigenvalue weighted by Gasteiger charge is -2.35. The van der Waals surface area contributed by atoms with Gasteiger partial charge in [0.2, 0.25) is 5.82 Å². The highest BCUT2D eigenvalue weighted by Crippen LogP contribution is 2.17. The normalized spacial score (nSPS) is 15.2. The summed E-state index contributed by atoms with van der Waals surface area (Å²) in [5.41, 5.74) is 0.521. The average Bonchev–Trinajstić information content (AvgIpc) is 2.87. The highest BCUT2D eigenvalue weighted by Gasteiger charge is 2.24. The number of hydrogen-bond donors (Lipinski definition) is 1. The zero-order valence-electron chi connectivity index (χ0n) is 12.1. The third kappa shape index (κ3) is 2.72. The van der Waals surface area contributed by atoms with Crippen LogP contribution in [0.4, 0.5) is 10.1 Å². The summed E-state index contributed by atoms with van der Waals surface area (Å²) in [5, 5.41) is 3.87. The molecule has 1 aromatic heterocycles. The van der Waals surface area contributed by atoms with Crippen LogP contribution in [0.2, 0.25) is 0 Å². The van der Waals surface area contributed by atoms with Crippen molar-refractivity contribution in [3.63, 3.8) is 0 Å². The molecular formula is C14H16FN5O2. The van der Waals surface area contributed by atoms with Gasteiger partial charge < -0.3 is 9.80 Å². The largest absolute Gasteiger partial charge is 0.368 e. The molecule has 1 N–H and O–H groups in total. The predicted molar refractivity (Wildman–Crippen MR) is 78.3 cm³/mol. The quantitative estimate of drug-likeness (QED) is 0.861. The van der Waals surface area contributed by atoms with E-state index in [1.54, 1.807) is 17.0 Å². The molecule has 1 aromatic carbocycles. The molecule has 0 saturated carbocycles. The van der Waals surface area contributed by atoms with Crippen LogP contribution in [-0.4, -0.2) is 51.8 Å². The Labute approximate surface area is 126 Å². The van der Waals surface area contributed by atoms with Crippen LogP contribution in [0.1, 0.15) is 10.6 Å². The van der Waals surface area contributed by atoms with E-state index in [0.717, 1.165) is 10.4 Å². The van der Waals surface area contributed by atoms with Gasteiger partial charge in [-0.3, -0.25) is 9.78 Å². The first-order valence-electron chi connectivity index (χ1n) is 6.98. The topological polar surface area (TPSA) is 74.2 Å². The standard InChI is InChI=1S/C14H16FN5O2/c1-18-14(22)16-12(17-18)13(21)20-8-6-19(7-9-20)11-4-2-10(15)3-5-11/h2-5H,6-9H2,1H3,(H,16,17,22). The summed E-state index contributed by atoms with van der Waals surface area (Å²) in [6.45, 7) is 2.34. The first-order chi connectivity index (χ1) is 10.5. The molecule has 1 aliphatic rings. The number of nitrogens with one attached hydrogen (secondary N) is 1. The minimum absolute atomic E-state index is 0.0581. The predicted octanol–water partition coefficient (Wildman–Crippen LogP) is 0.210. The number of carbonyl (C=O) groups excluding carboxylic acids is 1. The molecule has 2 heterocycles. The number of rotatable bonds is 2. The molecule has 1 amide bonds. The highest BCUT2D eigenvalue weighted by atomic mass is 19.1. The fourth-order valence-corrected chi connectivity index (χ4v) is 2.47. The highest BCUT2D eigenvalue weighted by molar-refractivity contribution is 5.90. The Morgan fingerprint density at radius 3 is 2.36 bits per heavy atom. The zero-order chi connectivity index (χ0) is 15.7. The van der Waals surface area contributed by atoms with E-state index in [4.69, 9.17) is 0 Å². The van der Waals surface area contributed by atoms with E-state index in [2.05, 4.69) is 15.0 Å². The Hall–Kier alpha value is -2.64. The zero-order valence-corrected chi connectivity index (χ0v) is 12.1. The van der Waals surface area contributed by atoms with Crippen LogP contribution >= 0.6 is 0 Å². The van der Waals surface area contributed by atoms with Crippen LogP contribution in [0.15, 0.2) is 29.1 Å². The van der Waals surface area contributed by atoms with Gasteiger partial charge in [0.25, 0.3) is 5.91 Å². The molecule has 1 aliphatic heterocycles. The van der Waals surface area contributed by atoms with Gasteiger partial charge in [-0.2, -0.15) is 0 Å². The Morgan fingerprint density at radius 1 is 1.18 bits per heavy atom. The molecular weight excluding hydrogens is 289 g/mol. The summed E-state index contributed by atoms with van der Waals surface area (Å²) in [6.07, 6.45) is 0. The first-order valence-corrected chi connectivity index (χ1v) is 6.98. The summed E-state index contributed by atoms with van der Waals surface area (Å²) >= 11 is 0. The fourth-order valence-electron chi connectivity index (χ4n) is 2.47. The van der Waals surface area contributed by atoms with E-state index in [9.17, 15) is 14.0 Å². The van der Waals surface area contributed by atoms with Crippen LogP contribution < -0.4 is 10.6 Å². The lowest BCUT2D eigenvalue weighted by Crippen LogP contribution is -2.49. The number of carbonyl (C=O) groups is 1. The molecule has 0 unspecified atom stereocenters. The molecule has 0 bridgehead atoms. The Bertz CT molecular complexity index is 728. The van der Waals surface area contributed by atoms with Gasteiger partial charge in [-0.05, 0) is 24.3 Å². The van der Waals surface area contributed by atoms with E-state index in [-0.39, 0.29) is 17.5 Å². The summed E-state index contributed by atoms with van der Waals surface area (Å²) in [5.74, 6) is -0.490. The van der Waals surface area contributed by atoms with Crippen molar-refractivity contribution in [3.05, 3.63) is 46.4 Å². The Kier molecular flexibility index (Phi) is 3.66. The minimum Gasteiger partial charge on any atom is -0.368 e. The van der Waals surface area contributed by atoms with Crippen LogP contribution in [0.3, 0.4) is 0 Å². The lowest BCUT2D eigenvalue weighted by molar-refractivity contribution is 0.0734. The Balaban J connectivity index is 1.65. The number of nitrogens with zero attached hydrogens (tertiary/aromatic N) is 4. The smallest absolute Gasteiger partial charge is 0.343 e. The van der Waals surface area contributed by atoms with Crippen LogP contribution in [0, 0.1) is 5.82 Å². The van der Waals surface area contributed by atoms with E-state index in [1.807, 2.05) is 0 Å². The van der Waals surface area contributed by atoms with Crippen molar-refractivity contribution >= 4 is 11.6 Å². The van der Waals surface area contributed by atoms with Crippen molar-refractivity contribution in [1.29, 1.82) is 0 Å². The number of hydrogen-bond acceptors (Lipinski definition) is 4. The maximum Gasteiger partial charge on any atom is 0.343 e. The monoisotopic (exact) mass is 305 g/mol. The molecule has 8 heteroatoms. The fraction of sp³-hybridized carbons (Fsp3) is 0.357. The third-order valence-corrected chi connectivity index (χ3v) is 3.73. The van der Waals surface area contributed by atoms with Crippen molar-refractivity contribution in [2.24, 2.45) is 7.05 Å². The minimum atomic E-state index is -0.409. The summed E-state index contributed by atoms with van der Waals surface area (Å²) < 4.78 is 14.0. The number of H-pyrrole nitrogens is 1. The van der Waals surface area contributed by atoms with Crippen molar-refractivity contribution in [2.75, 3.05) is 31.1 Å². The molecule has 0 spiro atoms. The molecule has 0 atom stereocenters. The maximum absolute atomic E-state index is 12.9. The van der Waals surface area contributed by atoms with E-state index in [1.165, 1.54) is 19.2 Å². The number of amides is 1. The molecule has 3 rings (SSSR count). The van der Waals surface area contributed by atoms with Crippen molar-refractivity contribution < 1.29 is 9.18 Å². The molecule has 0 aliphatic carbocycles. The van der Waals surface area contributed by atoms with E-state index in [0.29, 0.717) is 26.2 Å². The van der Waals surface area contributed by atoms with Crippen molar-refractivity contribution in [3.8, 4) is 0 Å². The van der Waals surface area contributed by atoms with Gasteiger partial charge in [0.05, 0.1) is 0 Å². The van der Waals surface area contributed by atoms with Crippen LogP contribution in [-0.2, 0) is 7.05 Å². The number of anilines is 1. The maximum atomic E-state index is 12.9. The second kappa shape index (κ2) is 5.63. The van der Waals surface area contributed by atoms with Crippen LogP contribution in [0.5, 0.6) is 0 Å². The van der Waals surface area contributed by atoms with Gasteiger partial charge >= 0.3 is 5.69 Å². The first kappa shape index (κ1) is 14.3. The van der Waals surface area contributed by atoms with E-state index >= 15 is 0 Å². The number of piperazine rings is 1. The van der Waals surface area contributed by atoms with Crippen molar-refractivity contribution in [1.82, 2.24) is 19.7 Å². The van der Waals surface area contributed by atoms with Gasteiger partial charge in [0, 0.05) is 38.9 Å². The van der Waals surface area contributed by atoms with Gasteiger partial charge in [0.15, 0.2) is 0 Å². The molecule has 2 aromatic rings. The summed E-state index contributed by atoms with van der Waals surface area (Å²) in [4.78, 5) is 29.8. The summed E-state index contributed by atoms with van der Waals surface area (Å²) in [7, 11) is 1.49. The van der Waals surface area contributed by atoms with Gasteiger partial charge in [0.1, 0.15) is 5.82 Å². The molecule has 1 saturated heterocycles. The Morgan fingerprint density at radius 2 is 1.82 bits per heavy atom. The summed E-state index contributed by atoms with van der Waals surface area (Å²) in [6, 6.07) is 6.29. The third-order valence-electron chi connectivity index (χ3n) is 3.73. The molecule has 116 valence electrons. The second-order valence-corrected chi connectivity index (χ2v) is 5.16. The number of aryl methyl sites for hydroxylation is 1. The number of aromatic nitrogens is 3. The van der Waals surface area contributed by atoms with Gasteiger partial charge in [-0.15, -0.1) is 5.10 Å². The molecule has 0 radical (unpaired) electrons. The second-order valence-electron chi connectivity index (χ2n) is 5.16. The molecule has 1 fully saturated rings. The van der Waals surface area contributed by atoms with Gasteiger partial charge in [-0.25, -0.2) is 13.9 Å². The number of benzene rings is 1. The molecule has 22 heavy (non-hydrogen) atoms. The average molecular weight is 305 g/mol. The number of aromatic amines is 1. The molecule has 7 nitrogen and oxygen atoms in total. The number of halogens is 1. The lowest BCUT2D eigenvalue weighted by atomic mass is 10.2. The van der Waals surface area contributed by atoms with Crippen molar-refractivity contribution in [2.45, 2.75) is 0 Å². The van der Waals surface area contributed by atoms with Gasteiger partial charge in [-0.1, -0.05) is 0 Å². The van der Waals surface area contributed by atoms with E-state index < -0.39 is 5.69 Å². The van der Waals surface area contributed by atoms with Crippen LogP contribution in [0.25, 0.3) is 0 Å². The SMILES string of the molecule is Cn1nc(C(=O)N2CCN(c3ccc(F)cc3)CC2)[nH]c1=O.